The molecule has 28 heavy (non-hydrogen) atoms. The maximum Gasteiger partial charge on any atom is 0.252 e. The van der Waals surface area contributed by atoms with E-state index in [1.54, 1.807) is 0 Å². The maximum absolute atomic E-state index is 12.4. The van der Waals surface area contributed by atoms with Crippen LogP contribution in [0.25, 0.3) is 0 Å². The lowest BCUT2D eigenvalue weighted by molar-refractivity contribution is 0.0951. The van der Waals surface area contributed by atoms with Gasteiger partial charge < -0.3 is 10.1 Å². The predicted molar refractivity (Wildman–Crippen MR) is 111 cm³/mol. The number of amides is 1. The van der Waals surface area contributed by atoms with Crippen molar-refractivity contribution in [1.29, 1.82) is 0 Å². The Kier molecular flexibility index (Phi) is 7.46. The van der Waals surface area contributed by atoms with Gasteiger partial charge in [-0.25, -0.2) is 13.1 Å². The molecule has 0 aliphatic heterocycles. The largest absolute Gasteiger partial charge is 0.493 e. The number of carbonyl (C=O) groups excluding carboxylic acids is 1. The molecule has 0 fully saturated rings. The summed E-state index contributed by atoms with van der Waals surface area (Å²) in [5, 5.41) is 2.93. The molecule has 0 aromatic heterocycles. The average molecular weight is 425 g/mol. The van der Waals surface area contributed by atoms with Crippen molar-refractivity contribution in [3.8, 4) is 5.75 Å². The van der Waals surface area contributed by atoms with E-state index in [1.807, 2.05) is 26.8 Å². The van der Waals surface area contributed by atoms with Crippen LogP contribution in [0.5, 0.6) is 5.75 Å². The molecule has 2 aromatic carbocycles. The number of hydrogen-bond donors (Lipinski definition) is 2. The monoisotopic (exact) mass is 424 g/mol. The van der Waals surface area contributed by atoms with E-state index in [4.69, 9.17) is 16.3 Å². The molecule has 2 aromatic rings. The molecule has 0 atom stereocenters. The fraction of sp³-hybridized carbons (Fsp3) is 0.350. The minimum atomic E-state index is -3.65. The lowest BCUT2D eigenvalue weighted by Gasteiger charge is -2.13. The van der Waals surface area contributed by atoms with Gasteiger partial charge in [-0.05, 0) is 75.2 Å². The average Bonchev–Trinajstić information content (AvgIpc) is 2.65. The van der Waals surface area contributed by atoms with E-state index in [9.17, 15) is 13.2 Å². The van der Waals surface area contributed by atoms with Gasteiger partial charge in [-0.3, -0.25) is 4.79 Å². The SMILES string of the molecule is CNS(=O)(=O)c1ccc(Cl)c(C(=O)NCCCOc2cc(C)cc(C)c2C)c1. The Labute approximate surface area is 171 Å². The second-order valence-corrected chi connectivity index (χ2v) is 8.81. The van der Waals surface area contributed by atoms with E-state index in [-0.39, 0.29) is 15.5 Å². The van der Waals surface area contributed by atoms with Gasteiger partial charge in [0.2, 0.25) is 10.0 Å². The van der Waals surface area contributed by atoms with Crippen molar-refractivity contribution < 1.29 is 17.9 Å². The third-order valence-electron chi connectivity index (χ3n) is 4.39. The lowest BCUT2D eigenvalue weighted by atomic mass is 10.1. The molecule has 0 bridgehead atoms. The van der Waals surface area contributed by atoms with E-state index in [2.05, 4.69) is 16.1 Å². The summed E-state index contributed by atoms with van der Waals surface area (Å²) in [5.41, 5.74) is 3.53. The number of ether oxygens (including phenoxy) is 1. The zero-order valence-electron chi connectivity index (χ0n) is 16.4. The van der Waals surface area contributed by atoms with Gasteiger partial charge in [0.25, 0.3) is 5.91 Å². The number of benzene rings is 2. The zero-order valence-corrected chi connectivity index (χ0v) is 18.0. The van der Waals surface area contributed by atoms with Crippen molar-refractivity contribution in [2.24, 2.45) is 0 Å². The number of nitrogens with one attached hydrogen (secondary N) is 2. The molecule has 0 saturated heterocycles. The molecule has 0 heterocycles. The molecule has 152 valence electrons. The molecule has 1 amide bonds. The first-order valence-electron chi connectivity index (χ1n) is 8.87. The molecular weight excluding hydrogens is 400 g/mol. The van der Waals surface area contributed by atoms with Gasteiger partial charge in [0.05, 0.1) is 22.1 Å². The molecule has 0 aliphatic carbocycles. The Morgan fingerprint density at radius 1 is 1.14 bits per heavy atom. The van der Waals surface area contributed by atoms with Crippen LogP contribution >= 0.6 is 11.6 Å². The number of carbonyl (C=O) groups is 1. The van der Waals surface area contributed by atoms with Crippen molar-refractivity contribution >= 4 is 27.5 Å². The smallest absolute Gasteiger partial charge is 0.252 e. The summed E-state index contributed by atoms with van der Waals surface area (Å²) in [4.78, 5) is 12.3. The van der Waals surface area contributed by atoms with Crippen molar-refractivity contribution in [3.05, 3.63) is 57.6 Å². The number of rotatable bonds is 8. The second-order valence-electron chi connectivity index (χ2n) is 6.51. The highest BCUT2D eigenvalue weighted by Crippen LogP contribution is 2.23. The second kappa shape index (κ2) is 9.41. The Balaban J connectivity index is 1.92. The summed E-state index contributed by atoms with van der Waals surface area (Å²) in [6, 6.07) is 8.11. The normalized spacial score (nSPS) is 11.3. The van der Waals surface area contributed by atoms with Gasteiger partial charge in [-0.15, -0.1) is 0 Å². The summed E-state index contributed by atoms with van der Waals surface area (Å²) in [7, 11) is -2.34. The van der Waals surface area contributed by atoms with Crippen molar-refractivity contribution in [1.82, 2.24) is 10.0 Å². The topological polar surface area (TPSA) is 84.5 Å². The van der Waals surface area contributed by atoms with Crippen LogP contribution in [0, 0.1) is 20.8 Å². The molecule has 6 nitrogen and oxygen atoms in total. The summed E-state index contributed by atoms with van der Waals surface area (Å²) in [6.45, 7) is 6.90. The fourth-order valence-corrected chi connectivity index (χ4v) is 3.62. The Bertz CT molecular complexity index is 974. The first-order valence-corrected chi connectivity index (χ1v) is 10.7. The van der Waals surface area contributed by atoms with Crippen molar-refractivity contribution in [2.45, 2.75) is 32.1 Å². The zero-order chi connectivity index (χ0) is 20.9. The van der Waals surface area contributed by atoms with Gasteiger partial charge in [0, 0.05) is 6.54 Å². The molecule has 8 heteroatoms. The first kappa shape index (κ1) is 22.2. The van der Waals surface area contributed by atoms with Gasteiger partial charge in [-0.2, -0.15) is 0 Å². The number of halogens is 1. The first-order chi connectivity index (χ1) is 13.2. The van der Waals surface area contributed by atoms with Crippen LogP contribution in [0.1, 0.15) is 33.5 Å². The maximum atomic E-state index is 12.4. The third-order valence-corrected chi connectivity index (χ3v) is 6.13. The van der Waals surface area contributed by atoms with Crippen molar-refractivity contribution in [3.63, 3.8) is 0 Å². The quantitative estimate of drug-likeness (QED) is 0.636. The molecule has 0 aliphatic rings. The predicted octanol–water partition coefficient (Wildman–Crippen LogP) is 3.37. The molecule has 2 rings (SSSR count). The van der Waals surface area contributed by atoms with Crippen LogP contribution < -0.4 is 14.8 Å². The number of sulfonamides is 1. The Morgan fingerprint density at radius 2 is 1.86 bits per heavy atom. The molecule has 0 spiro atoms. The molecule has 0 radical (unpaired) electrons. The Morgan fingerprint density at radius 3 is 2.54 bits per heavy atom. The minimum absolute atomic E-state index is 0.0156. The molecular formula is C20H25ClN2O4S. The van der Waals surface area contributed by atoms with E-state index >= 15 is 0 Å². The number of aryl methyl sites for hydroxylation is 2. The van der Waals surface area contributed by atoms with Crippen LogP contribution in [0.2, 0.25) is 5.02 Å². The van der Waals surface area contributed by atoms with Crippen LogP contribution in [0.15, 0.2) is 35.2 Å². The summed E-state index contributed by atoms with van der Waals surface area (Å²) < 4.78 is 31.8. The van der Waals surface area contributed by atoms with Crippen LogP contribution in [-0.4, -0.2) is 34.5 Å². The molecule has 0 saturated carbocycles. The number of hydrogen-bond acceptors (Lipinski definition) is 4. The van der Waals surface area contributed by atoms with Gasteiger partial charge >= 0.3 is 0 Å². The van der Waals surface area contributed by atoms with Gasteiger partial charge in [0.1, 0.15) is 5.75 Å². The van der Waals surface area contributed by atoms with E-state index < -0.39 is 15.9 Å². The molecule has 0 unspecified atom stereocenters. The van der Waals surface area contributed by atoms with Gasteiger partial charge in [0.15, 0.2) is 0 Å². The van der Waals surface area contributed by atoms with Crippen LogP contribution in [-0.2, 0) is 10.0 Å². The fourth-order valence-electron chi connectivity index (χ4n) is 2.67. The summed E-state index contributed by atoms with van der Waals surface area (Å²) >= 11 is 6.05. The van der Waals surface area contributed by atoms with E-state index in [0.717, 1.165) is 16.9 Å². The van der Waals surface area contributed by atoms with Crippen molar-refractivity contribution in [2.75, 3.05) is 20.2 Å². The van der Waals surface area contributed by atoms with Crippen LogP contribution in [0.4, 0.5) is 0 Å². The highest BCUT2D eigenvalue weighted by molar-refractivity contribution is 7.89. The highest BCUT2D eigenvalue weighted by atomic mass is 35.5. The Hall–Kier alpha value is -2.09. The summed E-state index contributed by atoms with van der Waals surface area (Å²) in [5.74, 6) is 0.414. The standard InChI is InChI=1S/C20H25ClN2O4S/c1-13-10-14(2)15(3)19(11-13)27-9-5-8-23-20(24)17-12-16(6-7-18(17)21)28(25,26)22-4/h6-7,10-12,22H,5,8-9H2,1-4H3,(H,23,24). The summed E-state index contributed by atoms with van der Waals surface area (Å²) in [6.07, 6.45) is 0.601. The van der Waals surface area contributed by atoms with Crippen LogP contribution in [0.3, 0.4) is 0 Å². The molecule has 2 N–H and O–H groups in total. The van der Waals surface area contributed by atoms with E-state index in [0.29, 0.717) is 19.6 Å². The van der Waals surface area contributed by atoms with E-state index in [1.165, 1.54) is 30.8 Å². The minimum Gasteiger partial charge on any atom is -0.493 e. The highest BCUT2D eigenvalue weighted by Gasteiger charge is 2.17. The third kappa shape index (κ3) is 5.47. The lowest BCUT2D eigenvalue weighted by Crippen LogP contribution is -2.26. The van der Waals surface area contributed by atoms with Gasteiger partial charge in [-0.1, -0.05) is 17.7 Å².